The molecule has 2 aromatic carbocycles. The molecule has 0 heterocycles. The molecular formula is C34H51OP. The minimum absolute atomic E-state index is 0.202. The lowest BCUT2D eigenvalue weighted by atomic mass is 9.85. The van der Waals surface area contributed by atoms with Gasteiger partial charge in [0.1, 0.15) is 11.4 Å². The molecule has 0 atom stereocenters. The average Bonchev–Trinajstić information content (AvgIpc) is 2.85. The van der Waals surface area contributed by atoms with E-state index < -0.39 is 0 Å². The standard InChI is InChI=1S/C34H51OP/c1-24(2)28-20-14-21-29(25(3)4)32(28)30-22-15-23-31(35-34(5,6)7)33(30)36(26-16-10-8-11-17-26)27-18-12-9-13-19-27/h14-15,20-27H,8-13,16-19H2,1-7H3. The van der Waals surface area contributed by atoms with Crippen molar-refractivity contribution >= 4 is 13.2 Å². The van der Waals surface area contributed by atoms with Crippen molar-refractivity contribution in [2.75, 3.05) is 0 Å². The Kier molecular flexibility index (Phi) is 9.25. The van der Waals surface area contributed by atoms with E-state index >= 15 is 0 Å². The van der Waals surface area contributed by atoms with Crippen LogP contribution in [0.4, 0.5) is 0 Å². The molecule has 0 aliphatic heterocycles. The third-order valence-corrected chi connectivity index (χ3v) is 11.8. The summed E-state index contributed by atoms with van der Waals surface area (Å²) in [4.78, 5) is 0. The van der Waals surface area contributed by atoms with Gasteiger partial charge < -0.3 is 4.74 Å². The smallest absolute Gasteiger partial charge is 0.128 e. The molecule has 0 amide bonds. The highest BCUT2D eigenvalue weighted by Gasteiger charge is 2.37. The fourth-order valence-corrected chi connectivity index (χ4v) is 10.7. The summed E-state index contributed by atoms with van der Waals surface area (Å²) < 4.78 is 6.87. The first-order chi connectivity index (χ1) is 17.2. The van der Waals surface area contributed by atoms with Gasteiger partial charge in [0.05, 0.1) is 0 Å². The van der Waals surface area contributed by atoms with Gasteiger partial charge in [-0.05, 0) is 97.9 Å². The normalized spacial score (nSPS) is 18.4. The number of hydrogen-bond donors (Lipinski definition) is 0. The van der Waals surface area contributed by atoms with E-state index in [-0.39, 0.29) is 13.5 Å². The third-order valence-electron chi connectivity index (χ3n) is 8.25. The number of benzene rings is 2. The average molecular weight is 507 g/mol. The summed E-state index contributed by atoms with van der Waals surface area (Å²) in [5.41, 5.74) is 7.48. The topological polar surface area (TPSA) is 9.23 Å². The van der Waals surface area contributed by atoms with Crippen LogP contribution in [0.15, 0.2) is 36.4 Å². The Morgan fingerprint density at radius 3 is 1.61 bits per heavy atom. The zero-order valence-electron chi connectivity index (χ0n) is 24.2. The van der Waals surface area contributed by atoms with Gasteiger partial charge in [0, 0.05) is 5.30 Å². The molecule has 198 valence electrons. The van der Waals surface area contributed by atoms with Crippen LogP contribution in [0.2, 0.25) is 0 Å². The van der Waals surface area contributed by atoms with Crippen molar-refractivity contribution in [2.45, 2.75) is 141 Å². The molecule has 0 bridgehead atoms. The maximum Gasteiger partial charge on any atom is 0.128 e. The fraction of sp³-hybridized carbons (Fsp3) is 0.647. The van der Waals surface area contributed by atoms with Crippen molar-refractivity contribution in [2.24, 2.45) is 0 Å². The van der Waals surface area contributed by atoms with Crippen LogP contribution in [0, 0.1) is 0 Å². The molecule has 0 aromatic heterocycles. The van der Waals surface area contributed by atoms with Gasteiger partial charge in [-0.15, -0.1) is 0 Å². The van der Waals surface area contributed by atoms with Crippen molar-refractivity contribution in [3.63, 3.8) is 0 Å². The highest BCUT2D eigenvalue weighted by molar-refractivity contribution is 7.67. The van der Waals surface area contributed by atoms with Crippen LogP contribution in [0.25, 0.3) is 11.1 Å². The molecule has 2 fully saturated rings. The van der Waals surface area contributed by atoms with Crippen molar-refractivity contribution in [3.05, 3.63) is 47.5 Å². The minimum Gasteiger partial charge on any atom is -0.487 e. The van der Waals surface area contributed by atoms with Crippen molar-refractivity contribution in [3.8, 4) is 16.9 Å². The van der Waals surface area contributed by atoms with Crippen molar-refractivity contribution in [1.29, 1.82) is 0 Å². The largest absolute Gasteiger partial charge is 0.487 e. The Hall–Kier alpha value is -1.33. The van der Waals surface area contributed by atoms with E-state index in [9.17, 15) is 0 Å². The Bertz CT molecular complexity index is 942. The predicted octanol–water partition coefficient (Wildman–Crippen LogP) is 10.6. The minimum atomic E-state index is -0.299. The van der Waals surface area contributed by atoms with Crippen LogP contribution in [-0.2, 0) is 0 Å². The lowest BCUT2D eigenvalue weighted by Gasteiger charge is -2.41. The second-order valence-corrected chi connectivity index (χ2v) is 15.7. The predicted molar refractivity (Wildman–Crippen MR) is 161 cm³/mol. The third kappa shape index (κ3) is 6.38. The Balaban J connectivity index is 2.00. The van der Waals surface area contributed by atoms with Crippen LogP contribution in [0.5, 0.6) is 5.75 Å². The SMILES string of the molecule is CC(C)c1cccc(C(C)C)c1-c1cccc(OC(C)(C)C)c1P(C1CCCCC1)C1CCCCC1. The first-order valence-electron chi connectivity index (χ1n) is 14.9. The van der Waals surface area contributed by atoms with Gasteiger partial charge in [-0.25, -0.2) is 0 Å². The first-order valence-corrected chi connectivity index (χ1v) is 16.4. The molecule has 4 rings (SSSR count). The van der Waals surface area contributed by atoms with Gasteiger partial charge in [-0.2, -0.15) is 0 Å². The molecule has 0 spiro atoms. The van der Waals surface area contributed by atoms with E-state index in [2.05, 4.69) is 84.9 Å². The van der Waals surface area contributed by atoms with E-state index in [1.165, 1.54) is 92.2 Å². The van der Waals surface area contributed by atoms with E-state index in [1.54, 1.807) is 5.30 Å². The van der Waals surface area contributed by atoms with Gasteiger partial charge in [0.2, 0.25) is 0 Å². The summed E-state index contributed by atoms with van der Waals surface area (Å²) in [6, 6.07) is 14.1. The molecule has 2 aromatic rings. The Morgan fingerprint density at radius 2 is 1.17 bits per heavy atom. The highest BCUT2D eigenvalue weighted by Crippen LogP contribution is 2.58. The maximum atomic E-state index is 6.87. The molecule has 2 aliphatic rings. The summed E-state index contributed by atoms with van der Waals surface area (Å²) in [6.45, 7) is 16.1. The second kappa shape index (κ2) is 12.0. The van der Waals surface area contributed by atoms with Gasteiger partial charge >= 0.3 is 0 Å². The molecule has 0 radical (unpaired) electrons. The molecule has 0 unspecified atom stereocenters. The Morgan fingerprint density at radius 1 is 0.694 bits per heavy atom. The summed E-state index contributed by atoms with van der Waals surface area (Å²) >= 11 is 0. The van der Waals surface area contributed by atoms with Crippen LogP contribution in [0.3, 0.4) is 0 Å². The van der Waals surface area contributed by atoms with Crippen LogP contribution >= 0.6 is 7.92 Å². The van der Waals surface area contributed by atoms with Gasteiger partial charge in [0.25, 0.3) is 0 Å². The van der Waals surface area contributed by atoms with Gasteiger partial charge in [-0.3, -0.25) is 0 Å². The van der Waals surface area contributed by atoms with Crippen LogP contribution < -0.4 is 10.0 Å². The number of rotatable bonds is 7. The van der Waals surface area contributed by atoms with E-state index in [0.29, 0.717) is 11.8 Å². The zero-order chi connectivity index (χ0) is 25.9. The van der Waals surface area contributed by atoms with Crippen molar-refractivity contribution < 1.29 is 4.74 Å². The molecule has 0 saturated heterocycles. The number of hydrogen-bond acceptors (Lipinski definition) is 1. The quantitative estimate of drug-likeness (QED) is 0.339. The molecule has 2 heteroatoms. The van der Waals surface area contributed by atoms with Crippen LogP contribution in [0.1, 0.15) is 136 Å². The summed E-state index contributed by atoms with van der Waals surface area (Å²) in [6.07, 6.45) is 14.1. The summed E-state index contributed by atoms with van der Waals surface area (Å²) in [7, 11) is -0.299. The molecular weight excluding hydrogens is 455 g/mol. The van der Waals surface area contributed by atoms with E-state index in [1.807, 2.05) is 0 Å². The Labute approximate surface area is 223 Å². The lowest BCUT2D eigenvalue weighted by molar-refractivity contribution is 0.132. The van der Waals surface area contributed by atoms with Gasteiger partial charge in [0.15, 0.2) is 0 Å². The van der Waals surface area contributed by atoms with Gasteiger partial charge in [-0.1, -0.05) is 104 Å². The molecule has 2 saturated carbocycles. The molecule has 0 N–H and O–H groups in total. The van der Waals surface area contributed by atoms with E-state index in [0.717, 1.165) is 11.3 Å². The van der Waals surface area contributed by atoms with Crippen LogP contribution in [-0.4, -0.2) is 16.9 Å². The molecule has 1 nitrogen and oxygen atoms in total. The fourth-order valence-electron chi connectivity index (χ4n) is 6.65. The zero-order valence-corrected chi connectivity index (χ0v) is 25.1. The lowest BCUT2D eigenvalue weighted by Crippen LogP contribution is -2.31. The first kappa shape index (κ1) is 27.7. The highest BCUT2D eigenvalue weighted by atomic mass is 31.1. The molecule has 36 heavy (non-hydrogen) atoms. The number of ether oxygens (including phenoxy) is 1. The summed E-state index contributed by atoms with van der Waals surface area (Å²) in [5, 5.41) is 1.61. The van der Waals surface area contributed by atoms with E-state index in [4.69, 9.17) is 4.74 Å². The molecule has 2 aliphatic carbocycles. The monoisotopic (exact) mass is 506 g/mol. The second-order valence-electron chi connectivity index (χ2n) is 13.0. The summed E-state index contributed by atoms with van der Waals surface area (Å²) in [5.74, 6) is 2.17. The van der Waals surface area contributed by atoms with Crippen molar-refractivity contribution in [1.82, 2.24) is 0 Å². The maximum absolute atomic E-state index is 6.87.